The standard InChI is InChI=1S/C9H8BrNOS/c10-4-5-1-7(11)6-3-9(12)13-8(6)2-5/h1-3,12H,4,11H2. The summed E-state index contributed by atoms with van der Waals surface area (Å²) in [5.74, 6) is 0. The van der Waals surface area contributed by atoms with Crippen LogP contribution < -0.4 is 5.73 Å². The van der Waals surface area contributed by atoms with Crippen LogP contribution in [0.3, 0.4) is 0 Å². The van der Waals surface area contributed by atoms with Crippen LogP contribution in [0.15, 0.2) is 18.2 Å². The lowest BCUT2D eigenvalue weighted by Crippen LogP contribution is -1.87. The fourth-order valence-corrected chi connectivity index (χ4v) is 2.51. The number of anilines is 1. The molecule has 0 amide bonds. The lowest BCUT2D eigenvalue weighted by atomic mass is 10.1. The van der Waals surface area contributed by atoms with Crippen LogP contribution in [0.1, 0.15) is 5.56 Å². The van der Waals surface area contributed by atoms with E-state index in [1.807, 2.05) is 12.1 Å². The number of thiophene rings is 1. The lowest BCUT2D eigenvalue weighted by Gasteiger charge is -1.99. The van der Waals surface area contributed by atoms with Crippen LogP contribution in [0.5, 0.6) is 5.06 Å². The van der Waals surface area contributed by atoms with Crippen LogP contribution in [-0.4, -0.2) is 5.11 Å². The van der Waals surface area contributed by atoms with Crippen molar-refractivity contribution in [1.29, 1.82) is 0 Å². The molecule has 1 aromatic heterocycles. The minimum atomic E-state index is 0.313. The molecule has 2 rings (SSSR count). The van der Waals surface area contributed by atoms with E-state index in [0.29, 0.717) is 5.06 Å². The molecule has 13 heavy (non-hydrogen) atoms. The Labute approximate surface area is 88.1 Å². The molecule has 0 radical (unpaired) electrons. The lowest BCUT2D eigenvalue weighted by molar-refractivity contribution is 0.491. The average Bonchev–Trinajstić information content (AvgIpc) is 2.46. The molecule has 1 heterocycles. The first-order valence-electron chi connectivity index (χ1n) is 3.77. The molecular formula is C9H8BrNOS. The molecule has 2 nitrogen and oxygen atoms in total. The molecule has 0 spiro atoms. The first-order valence-corrected chi connectivity index (χ1v) is 5.71. The Morgan fingerprint density at radius 3 is 2.85 bits per heavy atom. The summed E-state index contributed by atoms with van der Waals surface area (Å²) in [6, 6.07) is 5.65. The monoisotopic (exact) mass is 257 g/mol. The smallest absolute Gasteiger partial charge is 0.172 e. The predicted molar refractivity (Wildman–Crippen MR) is 60.5 cm³/mol. The Bertz CT molecular complexity index is 452. The number of hydrogen-bond donors (Lipinski definition) is 2. The normalized spacial score (nSPS) is 10.8. The minimum absolute atomic E-state index is 0.313. The molecule has 1 aromatic carbocycles. The van der Waals surface area contributed by atoms with Crippen LogP contribution in [0, 0.1) is 0 Å². The van der Waals surface area contributed by atoms with E-state index in [9.17, 15) is 5.11 Å². The van der Waals surface area contributed by atoms with Crippen molar-refractivity contribution in [1.82, 2.24) is 0 Å². The molecule has 0 atom stereocenters. The molecular weight excluding hydrogens is 250 g/mol. The summed E-state index contributed by atoms with van der Waals surface area (Å²) in [5, 5.41) is 11.3. The molecule has 0 aliphatic heterocycles. The fourth-order valence-electron chi connectivity index (χ4n) is 1.29. The van der Waals surface area contributed by atoms with Crippen LogP contribution in [0.2, 0.25) is 0 Å². The van der Waals surface area contributed by atoms with Crippen molar-refractivity contribution in [3.05, 3.63) is 23.8 Å². The Morgan fingerprint density at radius 1 is 1.38 bits per heavy atom. The Kier molecular flexibility index (Phi) is 2.17. The molecule has 0 aliphatic rings. The molecule has 68 valence electrons. The molecule has 0 bridgehead atoms. The molecule has 4 heteroatoms. The summed E-state index contributed by atoms with van der Waals surface area (Å²) in [5.41, 5.74) is 7.68. The van der Waals surface area contributed by atoms with Crippen molar-refractivity contribution in [2.24, 2.45) is 0 Å². The van der Waals surface area contributed by atoms with Gasteiger partial charge in [0.2, 0.25) is 0 Å². The van der Waals surface area contributed by atoms with Gasteiger partial charge in [0.15, 0.2) is 5.06 Å². The van der Waals surface area contributed by atoms with E-state index in [1.54, 1.807) is 6.07 Å². The SMILES string of the molecule is Nc1cc(CBr)cc2sc(O)cc12. The van der Waals surface area contributed by atoms with Gasteiger partial charge in [-0.15, -0.1) is 0 Å². The maximum Gasteiger partial charge on any atom is 0.172 e. The number of nitrogen functional groups attached to an aromatic ring is 1. The van der Waals surface area contributed by atoms with Gasteiger partial charge >= 0.3 is 0 Å². The van der Waals surface area contributed by atoms with Crippen LogP contribution in [0.25, 0.3) is 10.1 Å². The van der Waals surface area contributed by atoms with Crippen molar-refractivity contribution in [2.45, 2.75) is 5.33 Å². The van der Waals surface area contributed by atoms with Crippen LogP contribution >= 0.6 is 27.3 Å². The van der Waals surface area contributed by atoms with Crippen molar-refractivity contribution in [3.8, 4) is 5.06 Å². The van der Waals surface area contributed by atoms with E-state index < -0.39 is 0 Å². The van der Waals surface area contributed by atoms with E-state index in [-0.39, 0.29) is 0 Å². The Morgan fingerprint density at radius 2 is 2.15 bits per heavy atom. The highest BCUT2D eigenvalue weighted by molar-refractivity contribution is 9.08. The summed E-state index contributed by atoms with van der Waals surface area (Å²) in [7, 11) is 0. The van der Waals surface area contributed by atoms with Gasteiger partial charge in [0.05, 0.1) is 0 Å². The summed E-state index contributed by atoms with van der Waals surface area (Å²) in [4.78, 5) is 0. The van der Waals surface area contributed by atoms with Crippen LogP contribution in [0.4, 0.5) is 5.69 Å². The first-order chi connectivity index (χ1) is 6.20. The summed E-state index contributed by atoms with van der Waals surface area (Å²) in [6.07, 6.45) is 0. The van der Waals surface area contributed by atoms with Gasteiger partial charge in [-0.1, -0.05) is 27.3 Å². The second kappa shape index (κ2) is 3.20. The van der Waals surface area contributed by atoms with E-state index in [0.717, 1.165) is 26.7 Å². The van der Waals surface area contributed by atoms with E-state index in [2.05, 4.69) is 15.9 Å². The highest BCUT2D eigenvalue weighted by Gasteiger charge is 2.05. The number of aromatic hydroxyl groups is 1. The summed E-state index contributed by atoms with van der Waals surface area (Å²) >= 11 is 4.72. The zero-order valence-corrected chi connectivity index (χ0v) is 9.15. The van der Waals surface area contributed by atoms with E-state index in [1.165, 1.54) is 11.3 Å². The van der Waals surface area contributed by atoms with Crippen molar-refractivity contribution < 1.29 is 5.11 Å². The quantitative estimate of drug-likeness (QED) is 0.610. The number of nitrogens with two attached hydrogens (primary N) is 1. The molecule has 3 N–H and O–H groups in total. The highest BCUT2D eigenvalue weighted by Crippen LogP contribution is 2.35. The average molecular weight is 258 g/mol. The fraction of sp³-hybridized carbons (Fsp3) is 0.111. The number of halogens is 1. The third-order valence-corrected chi connectivity index (χ3v) is 3.40. The number of fused-ring (bicyclic) bond motifs is 1. The third-order valence-electron chi connectivity index (χ3n) is 1.87. The van der Waals surface area contributed by atoms with Gasteiger partial charge in [-0.05, 0) is 17.7 Å². The first kappa shape index (κ1) is 8.84. The largest absolute Gasteiger partial charge is 0.499 e. The summed E-state index contributed by atoms with van der Waals surface area (Å²) < 4.78 is 1.03. The zero-order valence-electron chi connectivity index (χ0n) is 6.75. The second-order valence-electron chi connectivity index (χ2n) is 2.82. The second-order valence-corrected chi connectivity index (χ2v) is 4.44. The number of rotatable bonds is 1. The van der Waals surface area contributed by atoms with E-state index in [4.69, 9.17) is 5.73 Å². The highest BCUT2D eigenvalue weighted by atomic mass is 79.9. The number of hydrogen-bond acceptors (Lipinski definition) is 3. The van der Waals surface area contributed by atoms with Gasteiger partial charge in [0.25, 0.3) is 0 Å². The molecule has 0 saturated heterocycles. The number of benzene rings is 1. The molecule has 0 fully saturated rings. The Balaban J connectivity index is 2.75. The molecule has 2 aromatic rings. The predicted octanol–water partition coefficient (Wildman–Crippen LogP) is 3.08. The van der Waals surface area contributed by atoms with Gasteiger partial charge in [-0.25, -0.2) is 0 Å². The zero-order chi connectivity index (χ0) is 9.42. The molecule has 0 saturated carbocycles. The van der Waals surface area contributed by atoms with Gasteiger partial charge in [0, 0.05) is 27.2 Å². The van der Waals surface area contributed by atoms with Gasteiger partial charge in [0.1, 0.15) is 0 Å². The molecule has 0 aliphatic carbocycles. The van der Waals surface area contributed by atoms with Gasteiger partial charge in [-0.3, -0.25) is 0 Å². The molecule has 0 unspecified atom stereocenters. The van der Waals surface area contributed by atoms with Crippen molar-refractivity contribution in [2.75, 3.05) is 5.73 Å². The topological polar surface area (TPSA) is 46.2 Å². The van der Waals surface area contributed by atoms with Gasteiger partial charge in [-0.2, -0.15) is 0 Å². The van der Waals surface area contributed by atoms with Crippen molar-refractivity contribution >= 4 is 43.0 Å². The summed E-state index contributed by atoms with van der Waals surface area (Å²) in [6.45, 7) is 0. The number of alkyl halides is 1. The minimum Gasteiger partial charge on any atom is -0.499 e. The van der Waals surface area contributed by atoms with Crippen LogP contribution in [-0.2, 0) is 5.33 Å². The Hall–Kier alpha value is -0.740. The maximum atomic E-state index is 9.30. The maximum absolute atomic E-state index is 9.30. The van der Waals surface area contributed by atoms with Gasteiger partial charge < -0.3 is 10.8 Å². The van der Waals surface area contributed by atoms with E-state index >= 15 is 0 Å². The third kappa shape index (κ3) is 1.51. The van der Waals surface area contributed by atoms with Crippen molar-refractivity contribution in [3.63, 3.8) is 0 Å².